The zero-order chi connectivity index (χ0) is 104. The van der Waals surface area contributed by atoms with Gasteiger partial charge in [-0.1, -0.05) is 0 Å². The van der Waals surface area contributed by atoms with Gasteiger partial charge in [0.25, 0.3) is 45.7 Å². The molecule has 0 amide bonds. The standard InChI is InChI=1S/4C10H14FN2O15P3S/c4*11-10(3-25-30(21,22)28-31(23,24)27-29(18,19)20)6(16)5(15)8(26-10)13-1-4(2-14)7(17)12-9(13)32/h4*1-2,5-6,8,15-16H,3H2,(H,21,22)(H,23,24)(H,12,17,32)(H2,18,19,20)/t4*5-,6+,8-,10-/m1111/s1/i3D2,8D;8D;3D2;. The van der Waals surface area contributed by atoms with Gasteiger partial charge in [0, 0.05) is 24.8 Å². The molecule has 8 heterocycles. The maximum Gasteiger partial charge on any atom is 0.490 e. The van der Waals surface area contributed by atoms with Gasteiger partial charge < -0.3 is 138 Å². The molecule has 728 valence electrons. The van der Waals surface area contributed by atoms with E-state index in [9.17, 15) is 158 Å². The molecule has 8 unspecified atom stereocenters. The zero-order valence-electron chi connectivity index (χ0n) is 65.5. The number of carbonyl (C=O) groups is 4. The Balaban J connectivity index is 0.000000316. The van der Waals surface area contributed by atoms with Crippen molar-refractivity contribution < 1.29 is 290 Å². The van der Waals surface area contributed by atoms with Crippen LogP contribution in [0.25, 0.3) is 0 Å². The van der Waals surface area contributed by atoms with E-state index in [1.165, 1.54) is 0 Å². The van der Waals surface area contributed by atoms with E-state index in [-0.39, 0.29) is 29.7 Å². The summed E-state index contributed by atoms with van der Waals surface area (Å²) in [5, 5.41) is 80.6. The monoisotopic (exact) mass is 2190 g/mol. The number of aliphatic hydroxyl groups is 8. The first-order valence-electron chi connectivity index (χ1n) is 33.3. The van der Waals surface area contributed by atoms with Crippen molar-refractivity contribution in [1.29, 1.82) is 0 Å². The highest BCUT2D eigenvalue weighted by atomic mass is 32.1. The molecule has 28 N–H and O–H groups in total. The topological polar surface area (TPSA) is 1060 Å². The maximum absolute atomic E-state index is 15.5. The second-order valence-electron chi connectivity index (χ2n) is 23.1. The number of phosphoric acid groups is 12. The van der Waals surface area contributed by atoms with Crippen LogP contribution < -0.4 is 22.2 Å². The number of nitrogens with one attached hydrogen (secondary N) is 4. The van der Waals surface area contributed by atoms with Crippen LogP contribution in [-0.2, 0) is 126 Å². The van der Waals surface area contributed by atoms with E-state index < -0.39 is 281 Å². The average molecular weight is 2190 g/mol. The number of phosphoric ester groups is 4. The van der Waals surface area contributed by atoms with E-state index in [2.05, 4.69) is 66.8 Å². The predicted octanol–water partition coefficient (Wildman–Crippen LogP) is -4.09. The fourth-order valence-corrected chi connectivity index (χ4v) is 21.5. The van der Waals surface area contributed by atoms with E-state index in [0.717, 1.165) is 6.20 Å². The van der Waals surface area contributed by atoms with Crippen molar-refractivity contribution in [3.8, 4) is 0 Å². The molecule has 0 aliphatic carbocycles. The molecular weight excluding hydrogens is 2130 g/mol. The van der Waals surface area contributed by atoms with Crippen LogP contribution in [0.3, 0.4) is 0 Å². The molecule has 24 atom stereocenters. The molecule has 68 nitrogen and oxygen atoms in total. The Labute approximate surface area is 724 Å². The number of aromatic nitrogens is 8. The quantitative estimate of drug-likeness (QED) is 0.00891. The molecule has 0 saturated carbocycles. The maximum atomic E-state index is 15.5. The van der Waals surface area contributed by atoms with Gasteiger partial charge in [-0.2, -0.15) is 34.5 Å². The van der Waals surface area contributed by atoms with Gasteiger partial charge in [-0.15, -0.1) is 0 Å². The Morgan fingerprint density at radius 1 is 0.344 bits per heavy atom. The van der Waals surface area contributed by atoms with Gasteiger partial charge in [0.05, 0.1) is 30.5 Å². The third-order valence-electron chi connectivity index (χ3n) is 13.7. The lowest BCUT2D eigenvalue weighted by molar-refractivity contribution is -0.204. The average Bonchev–Trinajstić information content (AvgIpc) is 1.55. The minimum atomic E-state index is -6.36. The van der Waals surface area contributed by atoms with Crippen molar-refractivity contribution in [2.24, 2.45) is 0 Å². The lowest BCUT2D eigenvalue weighted by Crippen LogP contribution is -2.42. The number of alkyl halides is 4. The normalized spacial score (nSPS) is 32.0. The fourth-order valence-electron chi connectivity index (χ4n) is 8.74. The smallest absolute Gasteiger partial charge is 0.385 e. The number of nitrogens with zero attached hydrogens (tertiary/aromatic N) is 4. The van der Waals surface area contributed by atoms with Gasteiger partial charge in [-0.3, -0.25) is 94.7 Å². The number of hydrogen-bond acceptors (Lipinski definition) is 48. The van der Waals surface area contributed by atoms with Crippen molar-refractivity contribution >= 4 is 168 Å². The Bertz CT molecular complexity index is 6360. The van der Waals surface area contributed by atoms with Gasteiger partial charge in [0.1, 0.15) is 75.2 Å². The van der Waals surface area contributed by atoms with Crippen LogP contribution >= 0.6 is 143 Å². The Hall–Kier alpha value is -4.04. The summed E-state index contributed by atoms with van der Waals surface area (Å²) in [7, 11) is -71.3. The molecule has 4 aliphatic heterocycles. The molecule has 0 aromatic carbocycles. The summed E-state index contributed by atoms with van der Waals surface area (Å²) in [5.74, 6) is -16.0. The Morgan fingerprint density at radius 2 is 0.547 bits per heavy atom. The van der Waals surface area contributed by atoms with Crippen molar-refractivity contribution in [1.82, 2.24) is 38.2 Å². The van der Waals surface area contributed by atoms with Crippen LogP contribution in [0.15, 0.2) is 44.0 Å². The van der Waals surface area contributed by atoms with E-state index >= 15 is 13.2 Å². The van der Waals surface area contributed by atoms with Crippen molar-refractivity contribution in [3.05, 3.63) is 108 Å². The first-order chi connectivity index (χ1) is 59.8. The fraction of sp³-hybridized carbons (Fsp3) is 0.500. The van der Waals surface area contributed by atoms with Crippen LogP contribution in [-0.4, -0.2) is 281 Å². The molecule has 4 aromatic heterocycles. The van der Waals surface area contributed by atoms with Crippen molar-refractivity contribution in [2.75, 3.05) is 26.3 Å². The van der Waals surface area contributed by atoms with E-state index in [1.807, 2.05) is 19.9 Å². The second kappa shape index (κ2) is 42.3. The second-order valence-corrected chi connectivity index (χ2v) is 42.2. The summed E-state index contributed by atoms with van der Waals surface area (Å²) in [6, 6.07) is 0. The lowest BCUT2D eigenvalue weighted by Gasteiger charge is -2.24. The van der Waals surface area contributed by atoms with Gasteiger partial charge in [0.2, 0.25) is 0 Å². The number of aromatic amines is 4. The molecular formula is C40H56F4N8O60P12S4. The molecule has 4 aromatic rings. The Kier molecular flexibility index (Phi) is 34.5. The van der Waals surface area contributed by atoms with E-state index in [1.54, 1.807) is 0 Å². The van der Waals surface area contributed by atoms with Crippen LogP contribution in [0, 0.1) is 19.1 Å². The molecule has 4 aliphatic rings. The first kappa shape index (κ1) is 104. The minimum absolute atomic E-state index is 0.0171. The molecule has 88 heteroatoms. The minimum Gasteiger partial charge on any atom is -0.385 e. The molecule has 0 radical (unpaired) electrons. The summed E-state index contributed by atoms with van der Waals surface area (Å²) >= 11 is 19.0. The third-order valence-corrected chi connectivity index (χ3v) is 29.8. The van der Waals surface area contributed by atoms with Gasteiger partial charge in [-0.05, 0) is 48.9 Å². The van der Waals surface area contributed by atoms with Crippen LogP contribution in [0.4, 0.5) is 17.6 Å². The van der Waals surface area contributed by atoms with Crippen LogP contribution in [0.1, 0.15) is 74.5 Å². The van der Waals surface area contributed by atoms with Gasteiger partial charge >= 0.3 is 93.9 Å². The SMILES string of the molecule is O=Cc1cn([C@@H]2O[C@](F)(COP(=O)(O)OP(=O)(O)OP(=O)(O)O)[C@@H](O)[C@H]2O)c(=S)[nH]c1=O.[2H]C([2H])(OP(=O)(O)OP(=O)(O)OP(=O)(O)O)[C@@]1(F)O[C@@H](n2cc(C=O)c(=O)[nH]c2=S)[C@H](O)[C@@H]1O.[2H]C([2H])(OP(=O)(O)OP(=O)(O)OP(=O)(O)O)[C@@]1(F)O[C@@]([2H])(n2cc(C=O)c(=O)[nH]c2=S)[C@H](O)[C@@H]1O.[2H][C@@]1(n2cc(C=O)c(=O)[nH]c2=S)O[C@](F)(COP(=O)(O)OP(=O)(O)OP(=O)(O)O)[C@@H](O)[C@H]1O. The highest BCUT2D eigenvalue weighted by Gasteiger charge is 2.62. The summed E-state index contributed by atoms with van der Waals surface area (Å²) < 4.78 is 303. The Morgan fingerprint density at radius 3 is 0.812 bits per heavy atom. The summed E-state index contributed by atoms with van der Waals surface area (Å²) in [6.07, 6.45) is -29.2. The largest absolute Gasteiger partial charge is 0.490 e. The number of carbonyl (C=O) groups excluding carboxylic acids is 4. The molecule has 0 bridgehead atoms. The highest BCUT2D eigenvalue weighted by molar-refractivity contribution is 7.72. The van der Waals surface area contributed by atoms with E-state index in [4.69, 9.17) is 121 Å². The molecule has 4 fully saturated rings. The highest BCUT2D eigenvalue weighted by Crippen LogP contribution is 2.70. The number of rotatable bonds is 36. The molecule has 8 rings (SSSR count). The summed E-state index contributed by atoms with van der Waals surface area (Å²) in [5.41, 5.74) is -6.56. The molecule has 0 spiro atoms. The third kappa shape index (κ3) is 32.0. The number of aldehydes is 4. The first-order valence-corrected chi connectivity index (χ1v) is 50.0. The van der Waals surface area contributed by atoms with E-state index in [0.29, 0.717) is 32.3 Å². The number of aliphatic hydroxyl groups excluding tert-OH is 8. The number of H-pyrrole nitrogens is 4. The molecule has 128 heavy (non-hydrogen) atoms. The van der Waals surface area contributed by atoms with Gasteiger partial charge in [-0.25, -0.2) is 72.3 Å². The number of halogens is 4. The van der Waals surface area contributed by atoms with Crippen LogP contribution in [0.2, 0.25) is 0 Å². The molecule has 4 saturated heterocycles. The van der Waals surface area contributed by atoms with Crippen molar-refractivity contribution in [2.45, 2.75) is 97.1 Å². The predicted molar refractivity (Wildman–Crippen MR) is 388 cm³/mol. The number of hydrogen-bond donors (Lipinski definition) is 28. The summed E-state index contributed by atoms with van der Waals surface area (Å²) in [6.45, 7) is -12.4. The zero-order valence-corrected chi connectivity index (χ0v) is 73.5. The lowest BCUT2D eigenvalue weighted by atomic mass is 10.1. The van der Waals surface area contributed by atoms with Gasteiger partial charge in [0.15, 0.2) is 69.1 Å². The summed E-state index contributed by atoms with van der Waals surface area (Å²) in [4.78, 5) is 240. The van der Waals surface area contributed by atoms with Crippen molar-refractivity contribution in [3.63, 3.8) is 0 Å². The number of ether oxygens (including phenoxy) is 4. The van der Waals surface area contributed by atoms with Crippen LogP contribution in [0.5, 0.6) is 0 Å².